The zero-order chi connectivity index (χ0) is 18.5. The Balaban J connectivity index is 2.04. The number of hydrogen-bond acceptors (Lipinski definition) is 4. The quantitative estimate of drug-likeness (QED) is 0.636. The number of hydrazone groups is 1. The van der Waals surface area contributed by atoms with E-state index in [0.29, 0.717) is 18.9 Å². The summed E-state index contributed by atoms with van der Waals surface area (Å²) < 4.78 is 11.5. The van der Waals surface area contributed by atoms with E-state index in [4.69, 9.17) is 15.2 Å². The van der Waals surface area contributed by atoms with E-state index in [9.17, 15) is 4.79 Å². The second-order valence-corrected chi connectivity index (χ2v) is 6.05. The highest BCUT2D eigenvalue weighted by atomic mass is 16.5. The second kappa shape index (κ2) is 7.91. The zero-order valence-corrected chi connectivity index (χ0v) is 15.0. The van der Waals surface area contributed by atoms with E-state index in [1.165, 1.54) is 0 Å². The summed E-state index contributed by atoms with van der Waals surface area (Å²) in [4.78, 5) is 11.2. The molecule has 0 bridgehead atoms. The molecule has 0 heterocycles. The van der Waals surface area contributed by atoms with Gasteiger partial charge in [-0.25, -0.2) is 10.2 Å². The minimum atomic E-state index is -0.704. The lowest BCUT2D eigenvalue weighted by molar-refractivity contribution is 0.249. The molecule has 0 saturated heterocycles. The van der Waals surface area contributed by atoms with Gasteiger partial charge in [-0.15, -0.1) is 0 Å². The molecule has 2 aromatic rings. The fourth-order valence-electron chi connectivity index (χ4n) is 2.90. The lowest BCUT2D eigenvalue weighted by Gasteiger charge is -2.07. The molecular weight excluding hydrogens is 330 g/mol. The third-order valence-corrected chi connectivity index (χ3v) is 4.01. The summed E-state index contributed by atoms with van der Waals surface area (Å²) in [5.74, 6) is 1.54. The van der Waals surface area contributed by atoms with Crippen LogP contribution in [0.15, 0.2) is 41.5 Å². The molecule has 0 unspecified atom stereocenters. The number of hydrogen-bond donors (Lipinski definition) is 2. The molecule has 3 N–H and O–H groups in total. The minimum Gasteiger partial charge on any atom is -0.494 e. The Morgan fingerprint density at radius 2 is 1.42 bits per heavy atom. The molecule has 0 spiro atoms. The maximum absolute atomic E-state index is 11.2. The molecule has 0 saturated carbocycles. The summed E-state index contributed by atoms with van der Waals surface area (Å²) in [5.41, 5.74) is 12.1. The summed E-state index contributed by atoms with van der Waals surface area (Å²) in [6.07, 6.45) is 1.86. The number of ether oxygens (including phenoxy) is 2. The van der Waals surface area contributed by atoms with E-state index in [2.05, 4.69) is 24.4 Å². The van der Waals surface area contributed by atoms with Gasteiger partial charge < -0.3 is 15.2 Å². The Bertz CT molecular complexity index is 787. The maximum Gasteiger partial charge on any atom is 0.332 e. The molecule has 26 heavy (non-hydrogen) atoms. The van der Waals surface area contributed by atoms with Gasteiger partial charge in [0.25, 0.3) is 0 Å². The molecule has 3 rings (SSSR count). The summed E-state index contributed by atoms with van der Waals surface area (Å²) in [6, 6.07) is 11.1. The first-order valence-electron chi connectivity index (χ1n) is 8.82. The number of benzene rings is 2. The van der Waals surface area contributed by atoms with Crippen LogP contribution in [-0.4, -0.2) is 25.0 Å². The van der Waals surface area contributed by atoms with Gasteiger partial charge in [0.1, 0.15) is 11.5 Å². The Morgan fingerprint density at radius 3 is 1.85 bits per heavy atom. The molecule has 0 aromatic heterocycles. The van der Waals surface area contributed by atoms with Gasteiger partial charge in [-0.3, -0.25) is 0 Å². The molecule has 0 fully saturated rings. The van der Waals surface area contributed by atoms with Crippen molar-refractivity contribution in [2.45, 2.75) is 26.7 Å². The Morgan fingerprint density at radius 1 is 0.923 bits per heavy atom. The number of rotatable bonds is 7. The zero-order valence-electron chi connectivity index (χ0n) is 15.0. The molecule has 2 aromatic carbocycles. The second-order valence-electron chi connectivity index (χ2n) is 6.05. The van der Waals surface area contributed by atoms with Gasteiger partial charge in [0, 0.05) is 11.1 Å². The van der Waals surface area contributed by atoms with Crippen molar-refractivity contribution in [3.05, 3.63) is 47.5 Å². The van der Waals surface area contributed by atoms with Gasteiger partial charge in [0.15, 0.2) is 0 Å². The first-order chi connectivity index (χ1) is 12.6. The lowest BCUT2D eigenvalue weighted by atomic mass is 10.1. The monoisotopic (exact) mass is 353 g/mol. The van der Waals surface area contributed by atoms with E-state index in [0.717, 1.165) is 46.6 Å². The molecule has 0 aliphatic heterocycles. The van der Waals surface area contributed by atoms with Gasteiger partial charge in [-0.2, -0.15) is 5.10 Å². The fourth-order valence-corrected chi connectivity index (χ4v) is 2.90. The van der Waals surface area contributed by atoms with E-state index in [1.54, 1.807) is 0 Å². The molecule has 6 nitrogen and oxygen atoms in total. The Hall–Kier alpha value is -3.02. The highest BCUT2D eigenvalue weighted by Crippen LogP contribution is 2.40. The average Bonchev–Trinajstić information content (AvgIpc) is 2.95. The van der Waals surface area contributed by atoms with Crippen LogP contribution in [0.3, 0.4) is 0 Å². The van der Waals surface area contributed by atoms with Crippen LogP contribution >= 0.6 is 0 Å². The number of fused-ring (bicyclic) bond motifs is 3. The molecule has 2 amide bonds. The highest BCUT2D eigenvalue weighted by Gasteiger charge is 2.26. The summed E-state index contributed by atoms with van der Waals surface area (Å²) in [6.45, 7) is 5.41. The number of urea groups is 1. The first kappa shape index (κ1) is 17.8. The minimum absolute atomic E-state index is 0.646. The SMILES string of the molecule is CCCOc1ccc2c(c1)C(=NNC(N)=O)c1cc(OCCC)ccc1-2. The first-order valence-corrected chi connectivity index (χ1v) is 8.82. The number of nitrogens with two attached hydrogens (primary N) is 1. The largest absolute Gasteiger partial charge is 0.494 e. The lowest BCUT2D eigenvalue weighted by Crippen LogP contribution is -2.25. The van der Waals surface area contributed by atoms with Crippen LogP contribution in [0.1, 0.15) is 37.8 Å². The number of carbonyl (C=O) groups is 1. The van der Waals surface area contributed by atoms with Crippen LogP contribution in [0.4, 0.5) is 4.79 Å². The van der Waals surface area contributed by atoms with Gasteiger partial charge >= 0.3 is 6.03 Å². The van der Waals surface area contributed by atoms with Gasteiger partial charge in [-0.1, -0.05) is 13.8 Å². The smallest absolute Gasteiger partial charge is 0.332 e. The van der Waals surface area contributed by atoms with Crippen molar-refractivity contribution >= 4 is 11.7 Å². The van der Waals surface area contributed by atoms with Crippen molar-refractivity contribution < 1.29 is 14.3 Å². The molecule has 6 heteroatoms. The molecule has 0 atom stereocenters. The number of primary amides is 1. The Kier molecular flexibility index (Phi) is 5.41. The van der Waals surface area contributed by atoms with E-state index in [-0.39, 0.29) is 0 Å². The predicted molar refractivity (Wildman–Crippen MR) is 102 cm³/mol. The van der Waals surface area contributed by atoms with Crippen molar-refractivity contribution in [2.24, 2.45) is 10.8 Å². The Labute approximate surface area is 153 Å². The molecule has 0 radical (unpaired) electrons. The van der Waals surface area contributed by atoms with Crippen molar-refractivity contribution in [3.63, 3.8) is 0 Å². The van der Waals surface area contributed by atoms with E-state index >= 15 is 0 Å². The van der Waals surface area contributed by atoms with Crippen LogP contribution in [0.2, 0.25) is 0 Å². The molecule has 1 aliphatic carbocycles. The topological polar surface area (TPSA) is 85.9 Å². The summed E-state index contributed by atoms with van der Waals surface area (Å²) >= 11 is 0. The molecule has 1 aliphatic rings. The van der Waals surface area contributed by atoms with Crippen LogP contribution < -0.4 is 20.6 Å². The standard InChI is InChI=1S/C20H23N3O3/c1-3-9-25-13-5-7-15-16-8-6-14(26-10-4-2)12-18(16)19(17(15)11-13)22-23-20(21)24/h5-8,11-12H,3-4,9-10H2,1-2H3,(H3,21,23,24). The number of carbonyl (C=O) groups excluding carboxylic acids is 1. The normalized spacial score (nSPS) is 11.5. The number of nitrogens with zero attached hydrogens (tertiary/aromatic N) is 1. The third kappa shape index (κ3) is 3.64. The van der Waals surface area contributed by atoms with E-state index in [1.807, 2.05) is 36.4 Å². The van der Waals surface area contributed by atoms with E-state index < -0.39 is 6.03 Å². The number of nitrogens with one attached hydrogen (secondary N) is 1. The number of amides is 2. The van der Waals surface area contributed by atoms with Crippen LogP contribution in [-0.2, 0) is 0 Å². The summed E-state index contributed by atoms with van der Waals surface area (Å²) in [5, 5.41) is 4.23. The maximum atomic E-state index is 11.2. The summed E-state index contributed by atoms with van der Waals surface area (Å²) in [7, 11) is 0. The van der Waals surface area contributed by atoms with Gasteiger partial charge in [-0.05, 0) is 60.4 Å². The van der Waals surface area contributed by atoms with Gasteiger partial charge in [0.05, 0.1) is 18.9 Å². The average molecular weight is 353 g/mol. The van der Waals surface area contributed by atoms with Crippen LogP contribution in [0, 0.1) is 0 Å². The predicted octanol–water partition coefficient (Wildman–Crippen LogP) is 3.67. The van der Waals surface area contributed by atoms with Crippen molar-refractivity contribution in [3.8, 4) is 22.6 Å². The molecule has 136 valence electrons. The van der Waals surface area contributed by atoms with Crippen molar-refractivity contribution in [1.82, 2.24) is 5.43 Å². The van der Waals surface area contributed by atoms with Crippen LogP contribution in [0.25, 0.3) is 11.1 Å². The van der Waals surface area contributed by atoms with Gasteiger partial charge in [0.2, 0.25) is 0 Å². The third-order valence-electron chi connectivity index (χ3n) is 4.01. The van der Waals surface area contributed by atoms with Crippen molar-refractivity contribution in [2.75, 3.05) is 13.2 Å². The highest BCUT2D eigenvalue weighted by molar-refractivity contribution is 6.25. The fraction of sp³-hybridized carbons (Fsp3) is 0.300. The van der Waals surface area contributed by atoms with Crippen LogP contribution in [0.5, 0.6) is 11.5 Å². The molecular formula is C20H23N3O3. The van der Waals surface area contributed by atoms with Crippen molar-refractivity contribution in [1.29, 1.82) is 0 Å².